The summed E-state index contributed by atoms with van der Waals surface area (Å²) in [5, 5.41) is 9.12. The summed E-state index contributed by atoms with van der Waals surface area (Å²) in [6, 6.07) is -0.619. The van der Waals surface area contributed by atoms with Crippen LogP contribution in [0.5, 0.6) is 0 Å². The SMILES string of the molecule is CC1CC(C(=O)N2CCC[C@H]2C(=O)O)CC(C)O1. The Morgan fingerprint density at radius 2 is 1.83 bits per heavy atom. The van der Waals surface area contributed by atoms with Crippen molar-refractivity contribution in [2.24, 2.45) is 5.92 Å². The molecular weight excluding hydrogens is 234 g/mol. The van der Waals surface area contributed by atoms with Gasteiger partial charge in [0.2, 0.25) is 5.91 Å². The fourth-order valence-electron chi connectivity index (χ4n) is 3.13. The lowest BCUT2D eigenvalue weighted by Crippen LogP contribution is -2.46. The predicted molar refractivity (Wildman–Crippen MR) is 65.1 cm³/mol. The van der Waals surface area contributed by atoms with Gasteiger partial charge in [0.05, 0.1) is 12.2 Å². The molecule has 2 aliphatic rings. The van der Waals surface area contributed by atoms with Gasteiger partial charge in [-0.3, -0.25) is 4.79 Å². The van der Waals surface area contributed by atoms with Crippen molar-refractivity contribution in [2.45, 2.75) is 57.8 Å². The zero-order valence-electron chi connectivity index (χ0n) is 11.0. The van der Waals surface area contributed by atoms with Gasteiger partial charge in [-0.25, -0.2) is 4.79 Å². The first-order valence-electron chi connectivity index (χ1n) is 6.67. The number of aliphatic carboxylic acids is 1. The Morgan fingerprint density at radius 1 is 1.22 bits per heavy atom. The first kappa shape index (κ1) is 13.3. The van der Waals surface area contributed by atoms with Crippen LogP contribution >= 0.6 is 0 Å². The summed E-state index contributed by atoms with van der Waals surface area (Å²) in [7, 11) is 0. The van der Waals surface area contributed by atoms with Gasteiger partial charge in [0.1, 0.15) is 6.04 Å². The zero-order valence-corrected chi connectivity index (χ0v) is 11.0. The topological polar surface area (TPSA) is 66.8 Å². The molecule has 2 rings (SSSR count). The van der Waals surface area contributed by atoms with E-state index in [1.54, 1.807) is 4.90 Å². The molecule has 2 unspecified atom stereocenters. The van der Waals surface area contributed by atoms with Crippen LogP contribution in [0.4, 0.5) is 0 Å². The molecule has 2 fully saturated rings. The Labute approximate surface area is 107 Å². The molecule has 0 aromatic carbocycles. The minimum atomic E-state index is -0.881. The number of amides is 1. The summed E-state index contributed by atoms with van der Waals surface area (Å²) in [4.78, 5) is 25.1. The third-order valence-electron chi connectivity index (χ3n) is 3.87. The van der Waals surface area contributed by atoms with Crippen molar-refractivity contribution in [1.82, 2.24) is 4.90 Å². The molecule has 2 saturated heterocycles. The highest BCUT2D eigenvalue weighted by molar-refractivity contribution is 5.85. The Kier molecular flexibility index (Phi) is 3.90. The number of hydrogen-bond donors (Lipinski definition) is 1. The second-order valence-electron chi connectivity index (χ2n) is 5.45. The normalized spacial score (nSPS) is 36.7. The average molecular weight is 255 g/mol. The quantitative estimate of drug-likeness (QED) is 0.806. The summed E-state index contributed by atoms with van der Waals surface area (Å²) in [6.45, 7) is 4.51. The summed E-state index contributed by atoms with van der Waals surface area (Å²) in [5.41, 5.74) is 0. The van der Waals surface area contributed by atoms with Crippen molar-refractivity contribution in [3.8, 4) is 0 Å². The lowest BCUT2D eigenvalue weighted by Gasteiger charge is -2.34. The molecule has 3 atom stereocenters. The lowest BCUT2D eigenvalue weighted by molar-refractivity contribution is -0.153. The van der Waals surface area contributed by atoms with Gasteiger partial charge in [-0.2, -0.15) is 0 Å². The van der Waals surface area contributed by atoms with Gasteiger partial charge in [0, 0.05) is 12.5 Å². The van der Waals surface area contributed by atoms with Crippen LogP contribution in [-0.4, -0.2) is 46.7 Å². The summed E-state index contributed by atoms with van der Waals surface area (Å²) in [6.07, 6.45) is 2.92. The minimum absolute atomic E-state index is 0.00176. The molecule has 18 heavy (non-hydrogen) atoms. The van der Waals surface area contributed by atoms with Gasteiger partial charge in [-0.15, -0.1) is 0 Å². The number of nitrogens with zero attached hydrogens (tertiary/aromatic N) is 1. The maximum atomic E-state index is 12.4. The number of carbonyl (C=O) groups excluding carboxylic acids is 1. The van der Waals surface area contributed by atoms with Crippen LogP contribution in [0.2, 0.25) is 0 Å². The molecule has 0 aromatic rings. The van der Waals surface area contributed by atoms with Gasteiger partial charge in [-0.05, 0) is 39.5 Å². The highest BCUT2D eigenvalue weighted by atomic mass is 16.5. The van der Waals surface area contributed by atoms with E-state index in [0.717, 1.165) is 6.42 Å². The Morgan fingerprint density at radius 3 is 2.39 bits per heavy atom. The molecule has 1 N–H and O–H groups in total. The molecule has 0 radical (unpaired) electrons. The Bertz CT molecular complexity index is 334. The molecule has 0 saturated carbocycles. The number of carboxylic acids is 1. The Balaban J connectivity index is 2.04. The molecule has 102 valence electrons. The van der Waals surface area contributed by atoms with Crippen molar-refractivity contribution in [3.63, 3.8) is 0 Å². The number of likely N-dealkylation sites (tertiary alicyclic amines) is 1. The smallest absolute Gasteiger partial charge is 0.326 e. The van der Waals surface area contributed by atoms with E-state index in [9.17, 15) is 9.59 Å². The standard InChI is InChI=1S/C13H21NO4/c1-8-6-10(7-9(2)18-8)12(15)14-5-3-4-11(14)13(16)17/h8-11H,3-7H2,1-2H3,(H,16,17)/t8?,9?,10?,11-/m0/s1. The first-order valence-corrected chi connectivity index (χ1v) is 6.67. The highest BCUT2D eigenvalue weighted by Gasteiger charge is 2.39. The molecule has 0 bridgehead atoms. The van der Waals surface area contributed by atoms with Crippen LogP contribution < -0.4 is 0 Å². The van der Waals surface area contributed by atoms with E-state index < -0.39 is 12.0 Å². The van der Waals surface area contributed by atoms with E-state index in [2.05, 4.69) is 0 Å². The zero-order chi connectivity index (χ0) is 13.3. The summed E-state index contributed by atoms with van der Waals surface area (Å²) < 4.78 is 5.62. The van der Waals surface area contributed by atoms with E-state index in [-0.39, 0.29) is 24.0 Å². The number of carboxylic acid groups (broad SMARTS) is 1. The van der Waals surface area contributed by atoms with Gasteiger partial charge in [-0.1, -0.05) is 0 Å². The third-order valence-corrected chi connectivity index (χ3v) is 3.87. The maximum Gasteiger partial charge on any atom is 0.326 e. The second-order valence-corrected chi connectivity index (χ2v) is 5.45. The van der Waals surface area contributed by atoms with Crippen LogP contribution in [0, 0.1) is 5.92 Å². The van der Waals surface area contributed by atoms with Crippen LogP contribution in [0.1, 0.15) is 39.5 Å². The molecule has 0 spiro atoms. The van der Waals surface area contributed by atoms with Crippen molar-refractivity contribution < 1.29 is 19.4 Å². The van der Waals surface area contributed by atoms with Gasteiger partial charge >= 0.3 is 5.97 Å². The number of rotatable bonds is 2. The first-order chi connectivity index (χ1) is 8.49. The van der Waals surface area contributed by atoms with Gasteiger partial charge in [0.25, 0.3) is 0 Å². The lowest BCUT2D eigenvalue weighted by atomic mass is 9.91. The number of carbonyl (C=O) groups is 2. The predicted octanol–water partition coefficient (Wildman–Crippen LogP) is 1.27. The molecule has 0 aliphatic carbocycles. The highest BCUT2D eigenvalue weighted by Crippen LogP contribution is 2.29. The summed E-state index contributed by atoms with van der Waals surface area (Å²) in [5.74, 6) is -0.959. The fourth-order valence-corrected chi connectivity index (χ4v) is 3.13. The van der Waals surface area contributed by atoms with Crippen molar-refractivity contribution in [3.05, 3.63) is 0 Å². The second kappa shape index (κ2) is 5.26. The van der Waals surface area contributed by atoms with Crippen LogP contribution in [0.3, 0.4) is 0 Å². The van der Waals surface area contributed by atoms with Crippen molar-refractivity contribution >= 4 is 11.9 Å². The van der Waals surface area contributed by atoms with E-state index in [1.807, 2.05) is 13.8 Å². The molecule has 1 amide bonds. The van der Waals surface area contributed by atoms with Gasteiger partial charge in [0.15, 0.2) is 0 Å². The fraction of sp³-hybridized carbons (Fsp3) is 0.846. The van der Waals surface area contributed by atoms with E-state index in [1.165, 1.54) is 0 Å². The molecule has 2 aliphatic heterocycles. The Hall–Kier alpha value is -1.10. The van der Waals surface area contributed by atoms with E-state index in [0.29, 0.717) is 25.8 Å². The molecule has 0 aromatic heterocycles. The van der Waals surface area contributed by atoms with Crippen LogP contribution in [-0.2, 0) is 14.3 Å². The summed E-state index contributed by atoms with van der Waals surface area (Å²) >= 11 is 0. The minimum Gasteiger partial charge on any atom is -0.480 e. The molecule has 5 heteroatoms. The number of hydrogen-bond acceptors (Lipinski definition) is 3. The molecule has 5 nitrogen and oxygen atoms in total. The monoisotopic (exact) mass is 255 g/mol. The molecule has 2 heterocycles. The third kappa shape index (κ3) is 2.66. The largest absolute Gasteiger partial charge is 0.480 e. The van der Waals surface area contributed by atoms with Gasteiger partial charge < -0.3 is 14.7 Å². The van der Waals surface area contributed by atoms with Crippen molar-refractivity contribution in [1.29, 1.82) is 0 Å². The van der Waals surface area contributed by atoms with Crippen LogP contribution in [0.25, 0.3) is 0 Å². The molecular formula is C13H21NO4. The van der Waals surface area contributed by atoms with E-state index >= 15 is 0 Å². The average Bonchev–Trinajstić information content (AvgIpc) is 2.75. The van der Waals surface area contributed by atoms with Crippen LogP contribution in [0.15, 0.2) is 0 Å². The van der Waals surface area contributed by atoms with E-state index in [4.69, 9.17) is 9.84 Å². The van der Waals surface area contributed by atoms with Crippen molar-refractivity contribution in [2.75, 3.05) is 6.54 Å². The maximum absolute atomic E-state index is 12.4. The number of ether oxygens (including phenoxy) is 1.